The highest BCUT2D eigenvalue weighted by atomic mass is 16.4. The molecule has 20 aromatic rings. The molecule has 0 amide bonds. The Morgan fingerprint density at radius 1 is 0.202 bits per heavy atom. The summed E-state index contributed by atoms with van der Waals surface area (Å²) >= 11 is 0. The van der Waals surface area contributed by atoms with E-state index in [1.165, 1.54) is 16.7 Å². The molecule has 488 valence electrons. The molecule has 0 aliphatic heterocycles. The van der Waals surface area contributed by atoms with Gasteiger partial charge in [0.15, 0.2) is 34.5 Å². The SMILES string of the molecule is c1ccc(-c2ccc(-c3cc(-c4ccc(-n5c6ccccc6c6c7oc(-c8ccccc8)nc7ccc65)cc4)nc(-c4ccccc4)n3)cc2)cc1.c1ccc(-c2ccc(-c3nc(-c4ccccc4)nc(-c4ccc(-n5c6ccccc6c6c7oc(-c8ccccc8)nc7ccc65)cc4)n3)cc2)cc1. The lowest BCUT2D eigenvalue weighted by Crippen LogP contribution is -2.00. The second-order valence-electron chi connectivity index (χ2n) is 25.6. The normalized spacial score (nSPS) is 11.5. The van der Waals surface area contributed by atoms with Crippen LogP contribution in [0.25, 0.3) is 190 Å². The van der Waals surface area contributed by atoms with Crippen molar-refractivity contribution in [2.45, 2.75) is 0 Å². The Balaban J connectivity index is 0.000000143. The van der Waals surface area contributed by atoms with Gasteiger partial charge in [0.1, 0.15) is 11.0 Å². The maximum absolute atomic E-state index is 6.49. The number of aromatic nitrogens is 9. The van der Waals surface area contributed by atoms with Crippen molar-refractivity contribution >= 4 is 65.8 Å². The Hall–Kier alpha value is -14.3. The van der Waals surface area contributed by atoms with Gasteiger partial charge in [-0.2, -0.15) is 0 Å². The third-order valence-electron chi connectivity index (χ3n) is 19.2. The number of fused-ring (bicyclic) bond motifs is 10. The topological polar surface area (TPSA) is 126 Å². The Morgan fingerprint density at radius 3 is 0.865 bits per heavy atom. The minimum atomic E-state index is 0.613. The molecule has 11 nitrogen and oxygen atoms in total. The molecule has 14 aromatic carbocycles. The molecule has 0 atom stereocenters. The van der Waals surface area contributed by atoms with Crippen molar-refractivity contribution in [1.29, 1.82) is 0 Å². The van der Waals surface area contributed by atoms with E-state index < -0.39 is 0 Å². The van der Waals surface area contributed by atoms with Crippen LogP contribution in [-0.4, -0.2) is 44.0 Å². The van der Waals surface area contributed by atoms with E-state index in [2.05, 4.69) is 240 Å². The summed E-state index contributed by atoms with van der Waals surface area (Å²) in [5, 5.41) is 4.32. The van der Waals surface area contributed by atoms with Crippen molar-refractivity contribution < 1.29 is 8.83 Å². The van der Waals surface area contributed by atoms with Crippen LogP contribution >= 0.6 is 0 Å². The first kappa shape index (κ1) is 60.9. The Labute approximate surface area is 597 Å². The van der Waals surface area contributed by atoms with Crippen LogP contribution in [0, 0.1) is 0 Å². The Bertz CT molecular complexity index is 6120. The van der Waals surface area contributed by atoms with E-state index in [0.717, 1.165) is 139 Å². The molecule has 0 N–H and O–H groups in total. The molecule has 0 spiro atoms. The molecule has 11 heteroatoms. The monoisotopic (exact) mass is 1330 g/mol. The number of nitrogens with zero attached hydrogens (tertiary/aromatic N) is 9. The second kappa shape index (κ2) is 26.1. The molecule has 6 heterocycles. The van der Waals surface area contributed by atoms with Crippen LogP contribution in [0.15, 0.2) is 367 Å². The molecule has 20 rings (SSSR count). The summed E-state index contributed by atoms with van der Waals surface area (Å²) in [6.45, 7) is 0. The fraction of sp³-hybridized carbons (Fsp3) is 0. The molecule has 0 saturated carbocycles. The maximum Gasteiger partial charge on any atom is 0.227 e. The molecule has 0 bridgehead atoms. The van der Waals surface area contributed by atoms with Crippen LogP contribution in [0.4, 0.5) is 0 Å². The zero-order chi connectivity index (χ0) is 68.9. The predicted molar refractivity (Wildman–Crippen MR) is 420 cm³/mol. The zero-order valence-corrected chi connectivity index (χ0v) is 55.9. The van der Waals surface area contributed by atoms with Crippen molar-refractivity contribution in [2.24, 2.45) is 0 Å². The first-order valence-corrected chi connectivity index (χ1v) is 34.6. The van der Waals surface area contributed by atoms with Crippen LogP contribution in [0.3, 0.4) is 0 Å². The minimum Gasteiger partial charge on any atom is -0.435 e. The number of para-hydroxylation sites is 2. The van der Waals surface area contributed by atoms with E-state index in [0.29, 0.717) is 35.1 Å². The molecule has 0 unspecified atom stereocenters. The summed E-state index contributed by atoms with van der Waals surface area (Å²) in [5.74, 6) is 3.80. The molecular formula is C93H59N9O2. The third kappa shape index (κ3) is 11.3. The quantitative estimate of drug-likeness (QED) is 0.117. The summed E-state index contributed by atoms with van der Waals surface area (Å²) in [4.78, 5) is 34.7. The molecule has 0 radical (unpaired) electrons. The smallest absolute Gasteiger partial charge is 0.227 e. The predicted octanol–water partition coefficient (Wildman–Crippen LogP) is 23.5. The molecule has 0 aliphatic carbocycles. The first-order chi connectivity index (χ1) is 51.5. The van der Waals surface area contributed by atoms with Crippen LogP contribution in [0.1, 0.15) is 0 Å². The van der Waals surface area contributed by atoms with Crippen LogP contribution in [0.2, 0.25) is 0 Å². The van der Waals surface area contributed by atoms with Crippen molar-refractivity contribution in [3.05, 3.63) is 358 Å². The first-order valence-electron chi connectivity index (χ1n) is 34.6. The third-order valence-corrected chi connectivity index (χ3v) is 19.2. The number of oxazole rings is 2. The van der Waals surface area contributed by atoms with Gasteiger partial charge in [0.2, 0.25) is 11.8 Å². The number of hydrogen-bond acceptors (Lipinski definition) is 9. The standard InChI is InChI=1S/C47H30N4O.C46H29N5O/c1-4-12-31(13-5-1)32-20-22-33(23-21-32)40-30-41(49-46(48-40)35-14-6-2-7-15-35)34-24-26-37(27-25-34)51-42-19-11-10-18-38(42)44-43(51)29-28-39-45(44)52-47(50-39)36-16-8-3-9-17-36;1-4-12-30(13-5-1)31-20-22-33(23-21-31)44-48-43(32-14-6-2-7-15-32)49-45(50-44)34-24-26-36(27-25-34)51-39-19-11-10-18-37(39)41-40(51)29-28-38-42(41)52-46(47-38)35-16-8-3-9-17-35/h1-30H;1-29H. The average molecular weight is 1330 g/mol. The maximum atomic E-state index is 6.49. The number of rotatable bonds is 12. The highest BCUT2D eigenvalue weighted by molar-refractivity contribution is 6.20. The molecule has 0 fully saturated rings. The van der Waals surface area contributed by atoms with Gasteiger partial charge in [0.25, 0.3) is 0 Å². The highest BCUT2D eigenvalue weighted by Crippen LogP contribution is 2.42. The zero-order valence-electron chi connectivity index (χ0n) is 55.9. The van der Waals surface area contributed by atoms with Crippen LogP contribution in [0.5, 0.6) is 0 Å². The summed E-state index contributed by atoms with van der Waals surface area (Å²) in [5.41, 5.74) is 23.7. The molecule has 104 heavy (non-hydrogen) atoms. The molecule has 0 saturated heterocycles. The number of hydrogen-bond donors (Lipinski definition) is 0. The van der Waals surface area contributed by atoms with Crippen molar-refractivity contribution in [3.63, 3.8) is 0 Å². The van der Waals surface area contributed by atoms with Gasteiger partial charge in [-0.3, -0.25) is 0 Å². The van der Waals surface area contributed by atoms with E-state index >= 15 is 0 Å². The van der Waals surface area contributed by atoms with Gasteiger partial charge in [-0.15, -0.1) is 0 Å². The van der Waals surface area contributed by atoms with Gasteiger partial charge in [0.05, 0.1) is 44.2 Å². The van der Waals surface area contributed by atoms with Gasteiger partial charge in [-0.25, -0.2) is 34.9 Å². The molecule has 6 aromatic heterocycles. The van der Waals surface area contributed by atoms with Crippen LogP contribution in [-0.2, 0) is 0 Å². The van der Waals surface area contributed by atoms with E-state index in [1.807, 2.05) is 127 Å². The summed E-state index contributed by atoms with van der Waals surface area (Å²) in [7, 11) is 0. The highest BCUT2D eigenvalue weighted by Gasteiger charge is 2.23. The second-order valence-corrected chi connectivity index (χ2v) is 25.6. The van der Waals surface area contributed by atoms with Crippen molar-refractivity contribution in [3.8, 4) is 125 Å². The summed E-state index contributed by atoms with van der Waals surface area (Å²) in [6, 6.07) is 123. The molecular weight excluding hydrogens is 1280 g/mol. The van der Waals surface area contributed by atoms with Gasteiger partial charge in [0, 0.05) is 66.7 Å². The van der Waals surface area contributed by atoms with Crippen LogP contribution < -0.4 is 0 Å². The average Bonchev–Trinajstić information content (AvgIpc) is 1.58. The fourth-order valence-electron chi connectivity index (χ4n) is 14.1. The summed E-state index contributed by atoms with van der Waals surface area (Å²) < 4.78 is 17.5. The summed E-state index contributed by atoms with van der Waals surface area (Å²) in [6.07, 6.45) is 0. The van der Waals surface area contributed by atoms with E-state index in [9.17, 15) is 0 Å². The minimum absolute atomic E-state index is 0.613. The lowest BCUT2D eigenvalue weighted by Gasteiger charge is -2.12. The lowest BCUT2D eigenvalue weighted by atomic mass is 10.0. The number of benzene rings is 14. The Kier molecular flexibility index (Phi) is 15.3. The van der Waals surface area contributed by atoms with Crippen molar-refractivity contribution in [2.75, 3.05) is 0 Å². The largest absolute Gasteiger partial charge is 0.435 e. The van der Waals surface area contributed by atoms with Gasteiger partial charge < -0.3 is 18.0 Å². The van der Waals surface area contributed by atoms with E-state index in [4.69, 9.17) is 43.7 Å². The Morgan fingerprint density at radius 2 is 0.481 bits per heavy atom. The van der Waals surface area contributed by atoms with Gasteiger partial charge >= 0.3 is 0 Å². The lowest BCUT2D eigenvalue weighted by molar-refractivity contribution is 0.622. The van der Waals surface area contributed by atoms with Gasteiger partial charge in [-0.1, -0.05) is 255 Å². The van der Waals surface area contributed by atoms with Crippen molar-refractivity contribution in [1.82, 2.24) is 44.0 Å². The van der Waals surface area contributed by atoms with E-state index in [1.54, 1.807) is 0 Å². The van der Waals surface area contributed by atoms with Gasteiger partial charge in [-0.05, 0) is 125 Å². The molecule has 0 aliphatic rings. The van der Waals surface area contributed by atoms with E-state index in [-0.39, 0.29) is 0 Å². The fourth-order valence-corrected chi connectivity index (χ4v) is 14.1.